The van der Waals surface area contributed by atoms with E-state index >= 15 is 0 Å². The normalized spacial score (nSPS) is 19.6. The third-order valence-corrected chi connectivity index (χ3v) is 3.57. The molecule has 3 N–H and O–H groups in total. The van der Waals surface area contributed by atoms with Gasteiger partial charge < -0.3 is 15.3 Å². The predicted molar refractivity (Wildman–Crippen MR) is 71.9 cm³/mol. The van der Waals surface area contributed by atoms with E-state index in [-0.39, 0.29) is 18.2 Å². The molecule has 0 saturated carbocycles. The Balaban J connectivity index is 1.80. The van der Waals surface area contributed by atoms with Crippen LogP contribution in [0.3, 0.4) is 0 Å². The Labute approximate surface area is 113 Å². The van der Waals surface area contributed by atoms with Gasteiger partial charge in [0.15, 0.2) is 0 Å². The van der Waals surface area contributed by atoms with Gasteiger partial charge in [0.05, 0.1) is 12.3 Å². The number of nitrogens with zero attached hydrogens (tertiary/aromatic N) is 2. The van der Waals surface area contributed by atoms with Crippen LogP contribution >= 0.6 is 0 Å². The summed E-state index contributed by atoms with van der Waals surface area (Å²) in [5.41, 5.74) is 2.39. The van der Waals surface area contributed by atoms with E-state index in [9.17, 15) is 9.90 Å². The number of carbonyl (C=O) groups is 1. The number of H-pyrrole nitrogens is 1. The Hall–Kier alpha value is -1.56. The van der Waals surface area contributed by atoms with E-state index in [1.54, 1.807) is 18.9 Å². The van der Waals surface area contributed by atoms with Gasteiger partial charge in [-0.3, -0.25) is 5.10 Å². The average Bonchev–Trinajstić information content (AvgIpc) is 2.83. The summed E-state index contributed by atoms with van der Waals surface area (Å²) >= 11 is 0. The monoisotopic (exact) mass is 266 g/mol. The first kappa shape index (κ1) is 13.9. The van der Waals surface area contributed by atoms with Gasteiger partial charge >= 0.3 is 6.03 Å². The van der Waals surface area contributed by atoms with Gasteiger partial charge in [-0.25, -0.2) is 4.79 Å². The number of carbonyl (C=O) groups excluding carboxylic acids is 1. The SMILES string of the molecule is CC(O)CCN(C)C(=O)NC1CCc2[nH]ncc2C1. The third-order valence-electron chi connectivity index (χ3n) is 3.57. The second-order valence-corrected chi connectivity index (χ2v) is 5.32. The highest BCUT2D eigenvalue weighted by Crippen LogP contribution is 2.18. The van der Waals surface area contributed by atoms with Gasteiger partial charge in [0.25, 0.3) is 0 Å². The molecule has 0 radical (unpaired) electrons. The zero-order valence-corrected chi connectivity index (χ0v) is 11.5. The van der Waals surface area contributed by atoms with Gasteiger partial charge in [0, 0.05) is 25.3 Å². The number of aliphatic hydroxyl groups excluding tert-OH is 1. The van der Waals surface area contributed by atoms with Crippen molar-refractivity contribution in [2.45, 2.75) is 44.8 Å². The molecule has 2 atom stereocenters. The van der Waals surface area contributed by atoms with Crippen LogP contribution in [0.4, 0.5) is 4.79 Å². The molecule has 6 heteroatoms. The highest BCUT2D eigenvalue weighted by molar-refractivity contribution is 5.74. The van der Waals surface area contributed by atoms with Crippen molar-refractivity contribution in [3.05, 3.63) is 17.5 Å². The van der Waals surface area contributed by atoms with Crippen molar-refractivity contribution >= 4 is 6.03 Å². The van der Waals surface area contributed by atoms with Crippen LogP contribution in [0.25, 0.3) is 0 Å². The molecule has 0 aromatic carbocycles. The minimum Gasteiger partial charge on any atom is -0.393 e. The van der Waals surface area contributed by atoms with Crippen molar-refractivity contribution in [2.24, 2.45) is 0 Å². The van der Waals surface area contributed by atoms with Gasteiger partial charge in [0.2, 0.25) is 0 Å². The number of hydrogen-bond donors (Lipinski definition) is 3. The molecule has 0 bridgehead atoms. The Bertz CT molecular complexity index is 430. The fraction of sp³-hybridized carbons (Fsp3) is 0.692. The summed E-state index contributed by atoms with van der Waals surface area (Å²) in [6, 6.07) is 0.101. The number of nitrogens with one attached hydrogen (secondary N) is 2. The van der Waals surface area contributed by atoms with Crippen LogP contribution in [-0.4, -0.2) is 52.0 Å². The topological polar surface area (TPSA) is 81.2 Å². The number of aromatic amines is 1. The fourth-order valence-corrected chi connectivity index (χ4v) is 2.31. The minimum atomic E-state index is -0.376. The van der Waals surface area contributed by atoms with Crippen molar-refractivity contribution in [3.63, 3.8) is 0 Å². The quantitative estimate of drug-likeness (QED) is 0.749. The van der Waals surface area contributed by atoms with Crippen LogP contribution in [0.15, 0.2) is 6.20 Å². The Morgan fingerprint density at radius 3 is 3.26 bits per heavy atom. The van der Waals surface area contributed by atoms with E-state index < -0.39 is 0 Å². The van der Waals surface area contributed by atoms with Crippen LogP contribution in [0.2, 0.25) is 0 Å². The van der Waals surface area contributed by atoms with E-state index in [2.05, 4.69) is 15.5 Å². The van der Waals surface area contributed by atoms with E-state index in [0.717, 1.165) is 19.3 Å². The summed E-state index contributed by atoms with van der Waals surface area (Å²) < 4.78 is 0. The second-order valence-electron chi connectivity index (χ2n) is 5.32. The Morgan fingerprint density at radius 1 is 1.74 bits per heavy atom. The minimum absolute atomic E-state index is 0.0717. The van der Waals surface area contributed by atoms with Crippen LogP contribution in [0, 0.1) is 0 Å². The molecule has 106 valence electrons. The maximum Gasteiger partial charge on any atom is 0.317 e. The molecule has 19 heavy (non-hydrogen) atoms. The first-order chi connectivity index (χ1) is 9.06. The summed E-state index contributed by atoms with van der Waals surface area (Å²) in [5, 5.41) is 19.3. The second kappa shape index (κ2) is 6.06. The molecule has 0 spiro atoms. The van der Waals surface area contributed by atoms with Gasteiger partial charge in [-0.05, 0) is 38.2 Å². The number of fused-ring (bicyclic) bond motifs is 1. The standard InChI is InChI=1S/C13H22N4O2/c1-9(18)5-6-17(2)13(19)15-11-3-4-12-10(7-11)8-14-16-12/h8-9,11,18H,3-7H2,1-2H3,(H,14,16)(H,15,19). The number of hydrogen-bond acceptors (Lipinski definition) is 3. The molecule has 1 aliphatic rings. The molecular formula is C13H22N4O2. The molecule has 1 heterocycles. The lowest BCUT2D eigenvalue weighted by Crippen LogP contribution is -2.45. The van der Waals surface area contributed by atoms with Crippen LogP contribution in [-0.2, 0) is 12.8 Å². The molecular weight excluding hydrogens is 244 g/mol. The molecule has 1 aromatic heterocycles. The van der Waals surface area contributed by atoms with E-state index in [4.69, 9.17) is 0 Å². The third kappa shape index (κ3) is 3.70. The highest BCUT2D eigenvalue weighted by atomic mass is 16.3. The molecule has 0 fully saturated rings. The first-order valence-corrected chi connectivity index (χ1v) is 6.77. The molecule has 0 aliphatic heterocycles. The fourth-order valence-electron chi connectivity index (χ4n) is 2.31. The number of amides is 2. The molecule has 2 unspecified atom stereocenters. The highest BCUT2D eigenvalue weighted by Gasteiger charge is 2.22. The number of aromatic nitrogens is 2. The van der Waals surface area contributed by atoms with Gasteiger partial charge in [-0.2, -0.15) is 5.10 Å². The number of urea groups is 1. The lowest BCUT2D eigenvalue weighted by atomic mass is 9.94. The molecule has 1 aliphatic carbocycles. The predicted octanol–water partition coefficient (Wildman–Crippen LogP) is 0.679. The van der Waals surface area contributed by atoms with Gasteiger partial charge in [-0.1, -0.05) is 0 Å². The first-order valence-electron chi connectivity index (χ1n) is 6.77. The van der Waals surface area contributed by atoms with Crippen LogP contribution in [0.1, 0.15) is 31.0 Å². The largest absolute Gasteiger partial charge is 0.393 e. The van der Waals surface area contributed by atoms with Gasteiger partial charge in [-0.15, -0.1) is 0 Å². The van der Waals surface area contributed by atoms with E-state index in [1.807, 2.05) is 6.20 Å². The Kier molecular flexibility index (Phi) is 4.42. The smallest absolute Gasteiger partial charge is 0.317 e. The van der Waals surface area contributed by atoms with Crippen molar-refractivity contribution in [3.8, 4) is 0 Å². The molecule has 2 amide bonds. The number of rotatable bonds is 4. The molecule has 6 nitrogen and oxygen atoms in total. The Morgan fingerprint density at radius 2 is 2.53 bits per heavy atom. The van der Waals surface area contributed by atoms with Crippen molar-refractivity contribution in [1.29, 1.82) is 0 Å². The van der Waals surface area contributed by atoms with E-state index in [1.165, 1.54) is 11.3 Å². The number of aliphatic hydroxyl groups is 1. The zero-order chi connectivity index (χ0) is 13.8. The summed E-state index contributed by atoms with van der Waals surface area (Å²) in [5.74, 6) is 0. The lowest BCUT2D eigenvalue weighted by molar-refractivity contribution is 0.162. The average molecular weight is 266 g/mol. The van der Waals surface area contributed by atoms with Crippen LogP contribution < -0.4 is 5.32 Å². The lowest BCUT2D eigenvalue weighted by Gasteiger charge is -2.26. The summed E-state index contributed by atoms with van der Waals surface area (Å²) in [4.78, 5) is 13.6. The zero-order valence-electron chi connectivity index (χ0n) is 11.5. The number of aryl methyl sites for hydroxylation is 1. The van der Waals surface area contributed by atoms with Crippen molar-refractivity contribution in [2.75, 3.05) is 13.6 Å². The summed E-state index contributed by atoms with van der Waals surface area (Å²) in [6.07, 6.45) is 4.76. The van der Waals surface area contributed by atoms with Crippen LogP contribution in [0.5, 0.6) is 0 Å². The summed E-state index contributed by atoms with van der Waals surface area (Å²) in [6.45, 7) is 2.29. The molecule has 1 aromatic rings. The van der Waals surface area contributed by atoms with E-state index in [0.29, 0.717) is 13.0 Å². The van der Waals surface area contributed by atoms with Gasteiger partial charge in [0.1, 0.15) is 0 Å². The maximum atomic E-state index is 12.0. The maximum absolute atomic E-state index is 12.0. The van der Waals surface area contributed by atoms with Crippen molar-refractivity contribution in [1.82, 2.24) is 20.4 Å². The molecule has 2 rings (SSSR count). The van der Waals surface area contributed by atoms with Crippen molar-refractivity contribution < 1.29 is 9.90 Å². The molecule has 0 saturated heterocycles. The summed E-state index contributed by atoms with van der Waals surface area (Å²) in [7, 11) is 1.75.